The molecule has 5 heteroatoms. The highest BCUT2D eigenvalue weighted by molar-refractivity contribution is 6.30. The Kier molecular flexibility index (Phi) is 6.17. The molecule has 1 heterocycles. The van der Waals surface area contributed by atoms with Crippen LogP contribution in [0.5, 0.6) is 0 Å². The molecule has 2 aromatic carbocycles. The van der Waals surface area contributed by atoms with E-state index in [1.807, 2.05) is 49.2 Å². The summed E-state index contributed by atoms with van der Waals surface area (Å²) in [5.41, 5.74) is 2.35. The number of anilines is 1. The molecule has 4 nitrogen and oxygen atoms in total. The summed E-state index contributed by atoms with van der Waals surface area (Å²) in [6, 6.07) is 18.0. The summed E-state index contributed by atoms with van der Waals surface area (Å²) >= 11 is 6.06. The zero-order valence-electron chi connectivity index (χ0n) is 15.4. The molecule has 1 aliphatic heterocycles. The molecule has 1 amide bonds. The van der Waals surface area contributed by atoms with E-state index in [0.717, 1.165) is 36.8 Å². The van der Waals surface area contributed by atoms with E-state index < -0.39 is 0 Å². The van der Waals surface area contributed by atoms with E-state index in [-0.39, 0.29) is 11.9 Å². The van der Waals surface area contributed by atoms with Crippen molar-refractivity contribution in [2.75, 3.05) is 38.1 Å². The van der Waals surface area contributed by atoms with Gasteiger partial charge in [0.05, 0.1) is 6.04 Å². The second-order valence-corrected chi connectivity index (χ2v) is 7.31. The monoisotopic (exact) mass is 371 g/mol. The van der Waals surface area contributed by atoms with E-state index in [9.17, 15) is 4.79 Å². The van der Waals surface area contributed by atoms with Crippen LogP contribution in [0.3, 0.4) is 0 Å². The third-order valence-corrected chi connectivity index (χ3v) is 5.29. The van der Waals surface area contributed by atoms with Crippen LogP contribution in [0.15, 0.2) is 54.6 Å². The van der Waals surface area contributed by atoms with Gasteiger partial charge in [-0.25, -0.2) is 0 Å². The van der Waals surface area contributed by atoms with Gasteiger partial charge in [0.15, 0.2) is 0 Å². The second kappa shape index (κ2) is 8.56. The van der Waals surface area contributed by atoms with Crippen LogP contribution in [-0.2, 0) is 11.3 Å². The molecule has 1 unspecified atom stereocenters. The summed E-state index contributed by atoms with van der Waals surface area (Å²) in [7, 11) is 1.99. The Morgan fingerprint density at radius 1 is 1.08 bits per heavy atom. The van der Waals surface area contributed by atoms with E-state index in [0.29, 0.717) is 6.54 Å². The Morgan fingerprint density at radius 2 is 1.77 bits per heavy atom. The third kappa shape index (κ3) is 4.57. The summed E-state index contributed by atoms with van der Waals surface area (Å²) in [4.78, 5) is 19.3. The summed E-state index contributed by atoms with van der Waals surface area (Å²) in [5, 5.41) is 0.729. The summed E-state index contributed by atoms with van der Waals surface area (Å²) in [6.07, 6.45) is 0. The van der Waals surface area contributed by atoms with Crippen molar-refractivity contribution in [1.82, 2.24) is 9.80 Å². The van der Waals surface area contributed by atoms with Crippen LogP contribution in [0.4, 0.5) is 5.69 Å². The normalized spacial score (nSPS) is 16.0. The largest absolute Gasteiger partial charge is 0.368 e. The van der Waals surface area contributed by atoms with Gasteiger partial charge in [-0.1, -0.05) is 41.9 Å². The van der Waals surface area contributed by atoms with Crippen LogP contribution >= 0.6 is 11.6 Å². The average Bonchev–Trinajstić information content (AvgIpc) is 2.67. The second-order valence-electron chi connectivity index (χ2n) is 6.87. The van der Waals surface area contributed by atoms with Crippen molar-refractivity contribution in [1.29, 1.82) is 0 Å². The highest BCUT2D eigenvalue weighted by atomic mass is 35.5. The first-order valence-electron chi connectivity index (χ1n) is 9.08. The maximum atomic E-state index is 12.9. The molecule has 138 valence electrons. The number of halogens is 1. The predicted octanol–water partition coefficient (Wildman–Crippen LogP) is 3.51. The zero-order chi connectivity index (χ0) is 18.5. The van der Waals surface area contributed by atoms with Crippen molar-refractivity contribution in [2.45, 2.75) is 19.5 Å². The van der Waals surface area contributed by atoms with Crippen LogP contribution in [0.25, 0.3) is 0 Å². The summed E-state index contributed by atoms with van der Waals surface area (Å²) < 4.78 is 0. The molecule has 0 N–H and O–H groups in total. The van der Waals surface area contributed by atoms with E-state index in [2.05, 4.69) is 34.1 Å². The van der Waals surface area contributed by atoms with Crippen LogP contribution in [0.1, 0.15) is 12.5 Å². The number of carbonyl (C=O) groups excluding carboxylic acids is 1. The smallest absolute Gasteiger partial charge is 0.239 e. The van der Waals surface area contributed by atoms with Gasteiger partial charge in [0.1, 0.15) is 0 Å². The molecule has 0 radical (unpaired) electrons. The number of hydrogen-bond donors (Lipinski definition) is 0. The quantitative estimate of drug-likeness (QED) is 0.804. The number of para-hydroxylation sites is 1. The molecule has 2 aromatic rings. The van der Waals surface area contributed by atoms with Gasteiger partial charge < -0.3 is 9.80 Å². The number of piperazine rings is 1. The van der Waals surface area contributed by atoms with Crippen LogP contribution < -0.4 is 4.90 Å². The molecule has 26 heavy (non-hydrogen) atoms. The standard InChI is InChI=1S/C21H26ClN3O/c1-17(23(2)16-18-7-6-8-19(22)15-18)21(26)25-13-11-24(12-14-25)20-9-4-3-5-10-20/h3-10,15,17H,11-14,16H2,1-2H3. The molecule has 0 aliphatic carbocycles. The first kappa shape index (κ1) is 18.7. The van der Waals surface area contributed by atoms with Crippen molar-refractivity contribution < 1.29 is 4.79 Å². The van der Waals surface area contributed by atoms with Crippen LogP contribution in [0, 0.1) is 0 Å². The number of hydrogen-bond acceptors (Lipinski definition) is 3. The van der Waals surface area contributed by atoms with E-state index in [4.69, 9.17) is 11.6 Å². The minimum Gasteiger partial charge on any atom is -0.368 e. The lowest BCUT2D eigenvalue weighted by atomic mass is 10.1. The van der Waals surface area contributed by atoms with Crippen molar-refractivity contribution in [3.05, 3.63) is 65.2 Å². The Hall–Kier alpha value is -2.04. The number of likely N-dealkylation sites (N-methyl/N-ethyl adjacent to an activating group) is 1. The molecule has 0 aromatic heterocycles. The van der Waals surface area contributed by atoms with Gasteiger partial charge in [0, 0.05) is 43.4 Å². The number of amides is 1. The molecule has 0 saturated carbocycles. The lowest BCUT2D eigenvalue weighted by Crippen LogP contribution is -2.53. The fourth-order valence-corrected chi connectivity index (χ4v) is 3.55. The summed E-state index contributed by atoms with van der Waals surface area (Å²) in [6.45, 7) is 5.97. The molecule has 0 bridgehead atoms. The first-order valence-corrected chi connectivity index (χ1v) is 9.46. The molecule has 3 rings (SSSR count). The fourth-order valence-electron chi connectivity index (χ4n) is 3.34. The summed E-state index contributed by atoms with van der Waals surface area (Å²) in [5.74, 6) is 0.197. The zero-order valence-corrected chi connectivity index (χ0v) is 16.2. The van der Waals surface area contributed by atoms with Gasteiger partial charge in [-0.15, -0.1) is 0 Å². The Balaban J connectivity index is 1.54. The van der Waals surface area contributed by atoms with E-state index in [1.54, 1.807) is 0 Å². The average molecular weight is 372 g/mol. The maximum absolute atomic E-state index is 12.9. The minimum absolute atomic E-state index is 0.155. The van der Waals surface area contributed by atoms with Gasteiger partial charge in [0.25, 0.3) is 0 Å². The van der Waals surface area contributed by atoms with Gasteiger partial charge in [-0.05, 0) is 43.8 Å². The molecular weight excluding hydrogens is 346 g/mol. The Morgan fingerprint density at radius 3 is 2.42 bits per heavy atom. The number of nitrogens with zero attached hydrogens (tertiary/aromatic N) is 3. The highest BCUT2D eigenvalue weighted by Gasteiger charge is 2.27. The van der Waals surface area contributed by atoms with Gasteiger partial charge in [-0.3, -0.25) is 9.69 Å². The molecular formula is C21H26ClN3O. The fraction of sp³-hybridized carbons (Fsp3) is 0.381. The lowest BCUT2D eigenvalue weighted by Gasteiger charge is -2.38. The molecule has 1 saturated heterocycles. The Bertz CT molecular complexity index is 729. The van der Waals surface area contributed by atoms with E-state index in [1.165, 1.54) is 5.69 Å². The van der Waals surface area contributed by atoms with E-state index >= 15 is 0 Å². The Labute approximate surface area is 161 Å². The first-order chi connectivity index (χ1) is 12.5. The van der Waals surface area contributed by atoms with Crippen molar-refractivity contribution in [2.24, 2.45) is 0 Å². The molecule has 1 atom stereocenters. The maximum Gasteiger partial charge on any atom is 0.239 e. The van der Waals surface area contributed by atoms with Crippen molar-refractivity contribution in [3.63, 3.8) is 0 Å². The minimum atomic E-state index is -0.155. The van der Waals surface area contributed by atoms with Crippen LogP contribution in [0.2, 0.25) is 5.02 Å². The van der Waals surface area contributed by atoms with Crippen LogP contribution in [-0.4, -0.2) is 55.0 Å². The number of rotatable bonds is 5. The predicted molar refractivity (Wildman–Crippen MR) is 108 cm³/mol. The van der Waals surface area contributed by atoms with Gasteiger partial charge >= 0.3 is 0 Å². The lowest BCUT2D eigenvalue weighted by molar-refractivity contribution is -0.136. The SMILES string of the molecule is CC(C(=O)N1CCN(c2ccccc2)CC1)N(C)Cc1cccc(Cl)c1. The molecule has 1 fully saturated rings. The molecule has 0 spiro atoms. The van der Waals surface area contributed by atoms with Gasteiger partial charge in [-0.2, -0.15) is 0 Å². The third-order valence-electron chi connectivity index (χ3n) is 5.05. The van der Waals surface area contributed by atoms with Gasteiger partial charge in [0.2, 0.25) is 5.91 Å². The number of benzene rings is 2. The number of carbonyl (C=O) groups is 1. The van der Waals surface area contributed by atoms with Crippen molar-refractivity contribution in [3.8, 4) is 0 Å². The highest BCUT2D eigenvalue weighted by Crippen LogP contribution is 2.17. The van der Waals surface area contributed by atoms with Crippen molar-refractivity contribution >= 4 is 23.2 Å². The molecule has 1 aliphatic rings. The topological polar surface area (TPSA) is 26.8 Å².